The number of amides is 1. The molecule has 0 aliphatic carbocycles. The van der Waals surface area contributed by atoms with Gasteiger partial charge in [-0.1, -0.05) is 41.6 Å². The number of hydrogen-bond acceptors (Lipinski definition) is 5. The summed E-state index contributed by atoms with van der Waals surface area (Å²) in [5, 5.41) is 4.52. The minimum absolute atomic E-state index is 0.189. The molecule has 1 aliphatic rings. The van der Waals surface area contributed by atoms with E-state index in [2.05, 4.69) is 41.5 Å². The van der Waals surface area contributed by atoms with Crippen molar-refractivity contribution in [2.24, 2.45) is 4.99 Å². The summed E-state index contributed by atoms with van der Waals surface area (Å²) in [6.07, 6.45) is 3.38. The second kappa shape index (κ2) is 8.40. The molecule has 0 saturated heterocycles. The summed E-state index contributed by atoms with van der Waals surface area (Å²) in [6, 6.07) is 10.4. The Bertz CT molecular complexity index is 1170. The zero-order valence-electron chi connectivity index (χ0n) is 17.5. The predicted molar refractivity (Wildman–Crippen MR) is 124 cm³/mol. The van der Waals surface area contributed by atoms with Crippen molar-refractivity contribution in [1.29, 1.82) is 0 Å². The molecule has 5 nitrogen and oxygen atoms in total. The molecule has 1 aliphatic heterocycles. The van der Waals surface area contributed by atoms with Gasteiger partial charge < -0.3 is 14.5 Å². The van der Waals surface area contributed by atoms with E-state index < -0.39 is 0 Å². The van der Waals surface area contributed by atoms with Crippen molar-refractivity contribution in [2.45, 2.75) is 20.8 Å². The second-order valence-electron chi connectivity index (χ2n) is 7.33. The Labute approximate surface area is 180 Å². The number of rotatable bonds is 4. The number of fused-ring (bicyclic) bond motifs is 1. The molecule has 0 fully saturated rings. The van der Waals surface area contributed by atoms with E-state index in [4.69, 9.17) is 9.15 Å². The van der Waals surface area contributed by atoms with Gasteiger partial charge in [0.1, 0.15) is 11.3 Å². The molecule has 0 bridgehead atoms. The Hall–Kier alpha value is -2.99. The van der Waals surface area contributed by atoms with E-state index >= 15 is 0 Å². The molecular weight excluding hydrogens is 396 g/mol. The summed E-state index contributed by atoms with van der Waals surface area (Å²) in [7, 11) is 1.64. The van der Waals surface area contributed by atoms with Crippen LogP contribution in [0.15, 0.2) is 52.1 Å². The number of nitrogens with one attached hydrogen (secondary N) is 1. The molecule has 0 radical (unpaired) electrons. The fourth-order valence-corrected chi connectivity index (χ4v) is 4.39. The molecule has 2 aromatic carbocycles. The number of carbonyl (C=O) groups is 1. The number of carbonyl (C=O) groups excluding carboxylic acids is 1. The molecule has 1 aromatic heterocycles. The van der Waals surface area contributed by atoms with Gasteiger partial charge in [0.15, 0.2) is 5.17 Å². The molecule has 0 spiro atoms. The number of aryl methyl sites for hydroxylation is 2. The Balaban J connectivity index is 1.78. The number of allylic oxidation sites excluding steroid dienone is 1. The van der Waals surface area contributed by atoms with Crippen LogP contribution >= 0.6 is 11.8 Å². The van der Waals surface area contributed by atoms with E-state index in [0.717, 1.165) is 51.1 Å². The Morgan fingerprint density at radius 2 is 2.03 bits per heavy atom. The lowest BCUT2D eigenvalue weighted by atomic mass is 9.96. The first kappa shape index (κ1) is 20.3. The lowest BCUT2D eigenvalue weighted by Gasteiger charge is -2.13. The van der Waals surface area contributed by atoms with E-state index in [1.54, 1.807) is 31.2 Å². The highest BCUT2D eigenvalue weighted by Gasteiger charge is 2.19. The van der Waals surface area contributed by atoms with Gasteiger partial charge in [0, 0.05) is 33.9 Å². The third-order valence-corrected chi connectivity index (χ3v) is 6.09. The van der Waals surface area contributed by atoms with Crippen LogP contribution in [0.1, 0.15) is 23.6 Å². The van der Waals surface area contributed by atoms with Gasteiger partial charge in [0.2, 0.25) is 5.91 Å². The van der Waals surface area contributed by atoms with E-state index in [1.807, 2.05) is 19.9 Å². The van der Waals surface area contributed by atoms with E-state index in [1.165, 1.54) is 5.56 Å². The van der Waals surface area contributed by atoms with Crippen LogP contribution < -0.4 is 10.1 Å². The standard InChI is InChI=1S/C24H24N2O3S/c1-14-5-7-17(8-6-14)20-13-29-23-16(3)22(28-4)18(12-19(20)23)15(2)11-21(27)26-24-25-9-10-30-24/h5-8,11-13H,9-10H2,1-4H3,(H,25,26,27)/b15-11+. The van der Waals surface area contributed by atoms with Crippen LogP contribution in [0.5, 0.6) is 5.75 Å². The molecule has 1 amide bonds. The molecule has 3 aromatic rings. The van der Waals surface area contributed by atoms with Crippen molar-refractivity contribution in [2.75, 3.05) is 19.4 Å². The summed E-state index contributed by atoms with van der Waals surface area (Å²) in [6.45, 7) is 6.70. The topological polar surface area (TPSA) is 63.8 Å². The van der Waals surface area contributed by atoms with Gasteiger partial charge in [-0.15, -0.1) is 0 Å². The van der Waals surface area contributed by atoms with Crippen molar-refractivity contribution in [3.63, 3.8) is 0 Å². The quantitative estimate of drug-likeness (QED) is 0.578. The summed E-state index contributed by atoms with van der Waals surface area (Å²) < 4.78 is 11.6. The fourth-order valence-electron chi connectivity index (χ4n) is 3.66. The number of methoxy groups -OCH3 is 1. The lowest BCUT2D eigenvalue weighted by Crippen LogP contribution is -2.25. The number of nitrogens with zero attached hydrogens (tertiary/aromatic N) is 1. The smallest absolute Gasteiger partial charge is 0.250 e. The number of hydrogen-bond donors (Lipinski definition) is 1. The predicted octanol–water partition coefficient (Wildman–Crippen LogP) is 5.35. The monoisotopic (exact) mass is 420 g/mol. The van der Waals surface area contributed by atoms with Crippen LogP contribution in [-0.4, -0.2) is 30.5 Å². The molecule has 6 heteroatoms. The van der Waals surface area contributed by atoms with E-state index in [9.17, 15) is 4.79 Å². The summed E-state index contributed by atoms with van der Waals surface area (Å²) in [5.74, 6) is 1.43. The van der Waals surface area contributed by atoms with Crippen LogP contribution in [0.4, 0.5) is 0 Å². The van der Waals surface area contributed by atoms with Crippen LogP contribution in [0.25, 0.3) is 27.7 Å². The van der Waals surface area contributed by atoms with Gasteiger partial charge in [-0.25, -0.2) is 0 Å². The van der Waals surface area contributed by atoms with Crippen LogP contribution in [0, 0.1) is 13.8 Å². The second-order valence-corrected chi connectivity index (χ2v) is 8.41. The Kier molecular flexibility index (Phi) is 5.68. The van der Waals surface area contributed by atoms with Crippen LogP contribution in [0.2, 0.25) is 0 Å². The van der Waals surface area contributed by atoms with E-state index in [0.29, 0.717) is 10.9 Å². The number of ether oxygens (including phenoxy) is 1. The van der Waals surface area contributed by atoms with Crippen molar-refractivity contribution in [3.05, 3.63) is 59.4 Å². The third-order valence-electron chi connectivity index (χ3n) is 5.20. The molecule has 0 saturated carbocycles. The third kappa shape index (κ3) is 3.87. The maximum atomic E-state index is 12.5. The number of amidine groups is 1. The molecule has 2 heterocycles. The van der Waals surface area contributed by atoms with Crippen molar-refractivity contribution in [1.82, 2.24) is 5.32 Å². The number of furan rings is 1. The zero-order chi connectivity index (χ0) is 21.3. The maximum Gasteiger partial charge on any atom is 0.250 e. The Morgan fingerprint density at radius 1 is 1.27 bits per heavy atom. The first-order valence-corrected chi connectivity index (χ1v) is 10.8. The Morgan fingerprint density at radius 3 is 2.70 bits per heavy atom. The minimum atomic E-state index is -0.189. The molecule has 30 heavy (non-hydrogen) atoms. The average molecular weight is 421 g/mol. The molecule has 1 N–H and O–H groups in total. The summed E-state index contributed by atoms with van der Waals surface area (Å²) in [5.41, 5.74) is 6.70. The summed E-state index contributed by atoms with van der Waals surface area (Å²) >= 11 is 1.56. The lowest BCUT2D eigenvalue weighted by molar-refractivity contribution is -0.115. The molecule has 0 unspecified atom stereocenters. The SMILES string of the molecule is COc1c(/C(C)=C/C(=O)NC2=NCCS2)cc2c(-c3ccc(C)cc3)coc2c1C. The van der Waals surface area contributed by atoms with Crippen molar-refractivity contribution >= 4 is 39.4 Å². The number of thioether (sulfide) groups is 1. The largest absolute Gasteiger partial charge is 0.496 e. The van der Waals surface area contributed by atoms with Gasteiger partial charge in [-0.05, 0) is 38.0 Å². The normalized spacial score (nSPS) is 14.1. The van der Waals surface area contributed by atoms with Crippen molar-refractivity contribution < 1.29 is 13.9 Å². The van der Waals surface area contributed by atoms with Crippen LogP contribution in [0.3, 0.4) is 0 Å². The number of aliphatic imine (C=N–C) groups is 1. The highest BCUT2D eigenvalue weighted by molar-refractivity contribution is 8.14. The highest BCUT2D eigenvalue weighted by Crippen LogP contribution is 2.40. The summed E-state index contributed by atoms with van der Waals surface area (Å²) in [4.78, 5) is 16.7. The fraction of sp³-hybridized carbons (Fsp3) is 0.250. The average Bonchev–Trinajstić information content (AvgIpc) is 3.38. The van der Waals surface area contributed by atoms with E-state index in [-0.39, 0.29) is 5.91 Å². The van der Waals surface area contributed by atoms with Crippen LogP contribution in [-0.2, 0) is 4.79 Å². The first-order chi connectivity index (χ1) is 14.5. The number of benzene rings is 2. The molecular formula is C24H24N2O3S. The van der Waals surface area contributed by atoms with Gasteiger partial charge in [-0.3, -0.25) is 9.79 Å². The molecule has 154 valence electrons. The minimum Gasteiger partial charge on any atom is -0.496 e. The van der Waals surface area contributed by atoms with Gasteiger partial charge in [-0.2, -0.15) is 0 Å². The molecule has 0 atom stereocenters. The first-order valence-electron chi connectivity index (χ1n) is 9.80. The van der Waals surface area contributed by atoms with Gasteiger partial charge in [0.05, 0.1) is 19.9 Å². The highest BCUT2D eigenvalue weighted by atomic mass is 32.2. The van der Waals surface area contributed by atoms with Crippen molar-refractivity contribution in [3.8, 4) is 16.9 Å². The maximum absolute atomic E-state index is 12.5. The zero-order valence-corrected chi connectivity index (χ0v) is 18.4. The molecule has 4 rings (SSSR count). The van der Waals surface area contributed by atoms with Gasteiger partial charge in [0.25, 0.3) is 0 Å². The van der Waals surface area contributed by atoms with Gasteiger partial charge >= 0.3 is 0 Å².